The summed E-state index contributed by atoms with van der Waals surface area (Å²) >= 11 is 0. The molecule has 3 nitrogen and oxygen atoms in total. The van der Waals surface area contributed by atoms with Crippen molar-refractivity contribution in [3.05, 3.63) is 0 Å². The zero-order valence-corrected chi connectivity index (χ0v) is 11.6. The first-order chi connectivity index (χ1) is 7.99. The highest BCUT2D eigenvalue weighted by Gasteiger charge is 2.48. The number of nitrogens with zero attached hydrogens (tertiary/aromatic N) is 1. The van der Waals surface area contributed by atoms with Crippen LogP contribution >= 0.6 is 0 Å². The molecule has 0 bridgehead atoms. The molecule has 0 aromatic carbocycles. The number of carbonyl (C=O) groups is 1. The van der Waals surface area contributed by atoms with E-state index >= 15 is 0 Å². The van der Waals surface area contributed by atoms with Gasteiger partial charge in [-0.1, -0.05) is 26.7 Å². The van der Waals surface area contributed by atoms with Crippen LogP contribution in [0.15, 0.2) is 0 Å². The predicted octanol–water partition coefficient (Wildman–Crippen LogP) is 2.51. The minimum atomic E-state index is -0.337. The van der Waals surface area contributed by atoms with E-state index in [1.807, 2.05) is 6.92 Å². The van der Waals surface area contributed by atoms with Gasteiger partial charge in [0.2, 0.25) is 5.91 Å². The fraction of sp³-hybridized carbons (Fsp3) is 0.929. The Labute approximate surface area is 105 Å². The van der Waals surface area contributed by atoms with Gasteiger partial charge in [-0.05, 0) is 39.0 Å². The molecule has 98 valence electrons. The zero-order chi connectivity index (χ0) is 12.6. The quantitative estimate of drug-likeness (QED) is 0.801. The largest absolute Gasteiger partial charge is 0.323 e. The summed E-state index contributed by atoms with van der Waals surface area (Å²) in [6.07, 6.45) is 6.11. The average molecular weight is 238 g/mol. The lowest BCUT2D eigenvalue weighted by molar-refractivity contribution is -0.136. The Hall–Kier alpha value is -0.570. The molecule has 0 aromatic rings. The Morgan fingerprint density at radius 1 is 1.35 bits per heavy atom. The lowest BCUT2D eigenvalue weighted by Crippen LogP contribution is -2.48. The molecule has 4 unspecified atom stereocenters. The number of carbonyl (C=O) groups excluding carboxylic acids is 1. The van der Waals surface area contributed by atoms with Crippen LogP contribution in [-0.4, -0.2) is 28.6 Å². The smallest absolute Gasteiger partial charge is 0.244 e. The molecule has 1 aliphatic heterocycles. The highest BCUT2D eigenvalue weighted by molar-refractivity contribution is 5.88. The molecule has 2 fully saturated rings. The molecular formula is C14H26N2O. The van der Waals surface area contributed by atoms with Crippen LogP contribution in [0, 0.1) is 5.92 Å². The average Bonchev–Trinajstić information content (AvgIpc) is 2.52. The molecule has 17 heavy (non-hydrogen) atoms. The third-order valence-corrected chi connectivity index (χ3v) is 4.78. The molecule has 4 atom stereocenters. The number of hydrogen-bond donors (Lipinski definition) is 1. The topological polar surface area (TPSA) is 32.3 Å². The van der Waals surface area contributed by atoms with Gasteiger partial charge in [0.1, 0.15) is 0 Å². The highest BCUT2D eigenvalue weighted by atomic mass is 16.2. The number of amides is 1. The van der Waals surface area contributed by atoms with Gasteiger partial charge in [0.25, 0.3) is 0 Å². The van der Waals surface area contributed by atoms with Gasteiger partial charge >= 0.3 is 0 Å². The van der Waals surface area contributed by atoms with E-state index in [0.29, 0.717) is 17.9 Å². The normalized spacial score (nSPS) is 43.2. The van der Waals surface area contributed by atoms with Crippen molar-refractivity contribution in [3.8, 4) is 0 Å². The molecular weight excluding hydrogens is 212 g/mol. The molecule has 1 amide bonds. The second-order valence-corrected chi connectivity index (χ2v) is 6.05. The summed E-state index contributed by atoms with van der Waals surface area (Å²) in [6.45, 7) is 8.55. The summed E-state index contributed by atoms with van der Waals surface area (Å²) in [5, 5.41) is 3.47. The van der Waals surface area contributed by atoms with E-state index in [9.17, 15) is 4.79 Å². The molecule has 2 aliphatic rings. The van der Waals surface area contributed by atoms with E-state index in [1.54, 1.807) is 0 Å². The lowest BCUT2D eigenvalue weighted by Gasteiger charge is -2.38. The third kappa shape index (κ3) is 2.10. The van der Waals surface area contributed by atoms with Gasteiger partial charge < -0.3 is 4.90 Å². The number of nitrogens with one attached hydrogen (secondary N) is 1. The van der Waals surface area contributed by atoms with E-state index in [2.05, 4.69) is 31.0 Å². The summed E-state index contributed by atoms with van der Waals surface area (Å²) in [4.78, 5) is 14.7. The number of hydrogen-bond acceptors (Lipinski definition) is 2. The van der Waals surface area contributed by atoms with Gasteiger partial charge in [-0.15, -0.1) is 0 Å². The molecule has 0 spiro atoms. The van der Waals surface area contributed by atoms with Crippen molar-refractivity contribution in [2.24, 2.45) is 5.92 Å². The Kier molecular flexibility index (Phi) is 3.48. The molecule has 1 saturated heterocycles. The first-order valence-corrected chi connectivity index (χ1v) is 7.10. The molecule has 1 N–H and O–H groups in total. The Balaban J connectivity index is 2.18. The van der Waals surface area contributed by atoms with Crippen LogP contribution in [0.1, 0.15) is 59.8 Å². The fourth-order valence-corrected chi connectivity index (χ4v) is 3.45. The SMILES string of the molecule is CCC1(C)NC(C)N(C2CCCCC2C)C1=O. The van der Waals surface area contributed by atoms with Crippen LogP contribution in [-0.2, 0) is 4.79 Å². The maximum absolute atomic E-state index is 12.6. The lowest BCUT2D eigenvalue weighted by atomic mass is 9.84. The molecule has 1 aliphatic carbocycles. The van der Waals surface area contributed by atoms with Crippen LogP contribution in [0.25, 0.3) is 0 Å². The maximum Gasteiger partial charge on any atom is 0.244 e. The standard InChI is InChI=1S/C14H26N2O/c1-5-14(4)13(17)16(11(3)15-14)12-9-7-6-8-10(12)2/h10-12,15H,5-9H2,1-4H3. The van der Waals surface area contributed by atoms with Gasteiger partial charge in [0, 0.05) is 6.04 Å². The molecule has 1 saturated carbocycles. The van der Waals surface area contributed by atoms with E-state index in [0.717, 1.165) is 6.42 Å². The van der Waals surface area contributed by atoms with Gasteiger partial charge in [-0.3, -0.25) is 10.1 Å². The molecule has 2 rings (SSSR count). The van der Waals surface area contributed by atoms with Crippen molar-refractivity contribution < 1.29 is 4.79 Å². The molecule has 0 radical (unpaired) electrons. The van der Waals surface area contributed by atoms with Crippen molar-refractivity contribution >= 4 is 5.91 Å². The van der Waals surface area contributed by atoms with Gasteiger partial charge in [-0.2, -0.15) is 0 Å². The van der Waals surface area contributed by atoms with Crippen molar-refractivity contribution in [2.75, 3.05) is 0 Å². The first-order valence-electron chi connectivity index (χ1n) is 7.10. The second kappa shape index (κ2) is 4.60. The minimum Gasteiger partial charge on any atom is -0.323 e. The van der Waals surface area contributed by atoms with Crippen LogP contribution in [0.5, 0.6) is 0 Å². The Morgan fingerprint density at radius 3 is 2.53 bits per heavy atom. The van der Waals surface area contributed by atoms with Crippen LogP contribution < -0.4 is 5.32 Å². The van der Waals surface area contributed by atoms with E-state index in [4.69, 9.17) is 0 Å². The van der Waals surface area contributed by atoms with Gasteiger partial charge in [0.15, 0.2) is 0 Å². The van der Waals surface area contributed by atoms with Crippen LogP contribution in [0.4, 0.5) is 0 Å². The number of rotatable bonds is 2. The van der Waals surface area contributed by atoms with Gasteiger partial charge in [-0.25, -0.2) is 0 Å². The molecule has 1 heterocycles. The summed E-state index contributed by atoms with van der Waals surface area (Å²) < 4.78 is 0. The summed E-state index contributed by atoms with van der Waals surface area (Å²) in [6, 6.07) is 0.451. The van der Waals surface area contributed by atoms with Crippen molar-refractivity contribution in [1.29, 1.82) is 0 Å². The van der Waals surface area contributed by atoms with Crippen molar-refractivity contribution in [3.63, 3.8) is 0 Å². The summed E-state index contributed by atoms with van der Waals surface area (Å²) in [5.41, 5.74) is -0.337. The van der Waals surface area contributed by atoms with Crippen molar-refractivity contribution in [2.45, 2.75) is 77.5 Å². The highest BCUT2D eigenvalue weighted by Crippen LogP contribution is 2.34. The Morgan fingerprint density at radius 2 is 2.00 bits per heavy atom. The summed E-state index contributed by atoms with van der Waals surface area (Å²) in [7, 11) is 0. The van der Waals surface area contributed by atoms with Crippen LogP contribution in [0.2, 0.25) is 0 Å². The zero-order valence-electron chi connectivity index (χ0n) is 11.6. The predicted molar refractivity (Wildman–Crippen MR) is 69.6 cm³/mol. The molecule has 3 heteroatoms. The first kappa shape index (κ1) is 12.9. The minimum absolute atomic E-state index is 0.193. The van der Waals surface area contributed by atoms with E-state index < -0.39 is 0 Å². The second-order valence-electron chi connectivity index (χ2n) is 6.05. The maximum atomic E-state index is 12.6. The Bertz CT molecular complexity index is 305. The fourth-order valence-electron chi connectivity index (χ4n) is 3.45. The monoisotopic (exact) mass is 238 g/mol. The summed E-state index contributed by atoms with van der Waals surface area (Å²) in [5.74, 6) is 0.961. The third-order valence-electron chi connectivity index (χ3n) is 4.78. The molecule has 0 aromatic heterocycles. The van der Waals surface area contributed by atoms with Crippen molar-refractivity contribution in [1.82, 2.24) is 10.2 Å². The van der Waals surface area contributed by atoms with E-state index in [1.165, 1.54) is 25.7 Å². The van der Waals surface area contributed by atoms with Gasteiger partial charge in [0.05, 0.1) is 11.7 Å². The van der Waals surface area contributed by atoms with E-state index in [-0.39, 0.29) is 11.7 Å². The van der Waals surface area contributed by atoms with Crippen LogP contribution in [0.3, 0.4) is 0 Å².